The van der Waals surface area contributed by atoms with Crippen molar-refractivity contribution in [2.24, 2.45) is 5.73 Å². The molecule has 2 heteroatoms. The second-order valence-electron chi connectivity index (χ2n) is 4.90. The van der Waals surface area contributed by atoms with Crippen LogP contribution in [0.15, 0.2) is 30.3 Å². The third kappa shape index (κ3) is 3.01. The third-order valence-electron chi connectivity index (χ3n) is 3.34. The molecule has 2 aromatic rings. The molecule has 0 radical (unpaired) electrons. The van der Waals surface area contributed by atoms with Gasteiger partial charge in [-0.3, -0.25) is 0 Å². The fraction of sp³-hybridized carbons (Fsp3) is 0.375. The number of benzene rings is 1. The maximum atomic E-state index is 6.32. The second-order valence-corrected chi connectivity index (χ2v) is 6.10. The standard InChI is InChI=1S/C16H21NS/c1-4-14-7-8-16(18-14)15(17)10-13-9-11(2)5-6-12(13)3/h5-9,15H,4,10,17H2,1-3H3. The highest BCUT2D eigenvalue weighted by molar-refractivity contribution is 7.12. The summed E-state index contributed by atoms with van der Waals surface area (Å²) in [6, 6.07) is 11.1. The lowest BCUT2D eigenvalue weighted by Gasteiger charge is -2.12. The van der Waals surface area contributed by atoms with Crippen molar-refractivity contribution in [3.63, 3.8) is 0 Å². The van der Waals surface area contributed by atoms with Gasteiger partial charge in [0.2, 0.25) is 0 Å². The molecule has 0 fully saturated rings. The van der Waals surface area contributed by atoms with Gasteiger partial charge in [0.25, 0.3) is 0 Å². The van der Waals surface area contributed by atoms with E-state index in [-0.39, 0.29) is 6.04 Å². The van der Waals surface area contributed by atoms with Gasteiger partial charge in [-0.25, -0.2) is 0 Å². The van der Waals surface area contributed by atoms with E-state index in [1.165, 1.54) is 26.4 Å². The minimum Gasteiger partial charge on any atom is -0.323 e. The van der Waals surface area contributed by atoms with Crippen LogP contribution in [0, 0.1) is 13.8 Å². The smallest absolute Gasteiger partial charge is 0.0430 e. The first-order valence-corrected chi connectivity index (χ1v) is 7.32. The number of thiophene rings is 1. The summed E-state index contributed by atoms with van der Waals surface area (Å²) in [5, 5.41) is 0. The second kappa shape index (κ2) is 5.68. The van der Waals surface area contributed by atoms with Crippen molar-refractivity contribution in [3.8, 4) is 0 Å². The number of aryl methyl sites for hydroxylation is 3. The summed E-state index contributed by atoms with van der Waals surface area (Å²) in [4.78, 5) is 2.72. The Labute approximate surface area is 114 Å². The molecule has 1 unspecified atom stereocenters. The van der Waals surface area contributed by atoms with E-state index in [2.05, 4.69) is 51.1 Å². The monoisotopic (exact) mass is 259 g/mol. The van der Waals surface area contributed by atoms with Crippen molar-refractivity contribution in [3.05, 3.63) is 56.8 Å². The molecule has 2 N–H and O–H groups in total. The molecule has 18 heavy (non-hydrogen) atoms. The summed E-state index contributed by atoms with van der Waals surface area (Å²) in [5.74, 6) is 0. The minimum atomic E-state index is 0.121. The molecule has 0 aliphatic rings. The van der Waals surface area contributed by atoms with Crippen molar-refractivity contribution >= 4 is 11.3 Å². The van der Waals surface area contributed by atoms with Gasteiger partial charge >= 0.3 is 0 Å². The van der Waals surface area contributed by atoms with E-state index < -0.39 is 0 Å². The van der Waals surface area contributed by atoms with E-state index in [4.69, 9.17) is 5.73 Å². The fourth-order valence-electron chi connectivity index (χ4n) is 2.14. The Balaban J connectivity index is 2.15. The van der Waals surface area contributed by atoms with Crippen molar-refractivity contribution in [1.29, 1.82) is 0 Å². The van der Waals surface area contributed by atoms with Crippen LogP contribution in [-0.2, 0) is 12.8 Å². The third-order valence-corrected chi connectivity index (χ3v) is 4.70. The van der Waals surface area contributed by atoms with Gasteiger partial charge in [0.05, 0.1) is 0 Å². The molecule has 0 aliphatic carbocycles. The highest BCUT2D eigenvalue weighted by Crippen LogP contribution is 2.26. The molecule has 1 aromatic carbocycles. The Morgan fingerprint density at radius 2 is 1.94 bits per heavy atom. The Morgan fingerprint density at radius 1 is 1.17 bits per heavy atom. The first-order chi connectivity index (χ1) is 8.60. The van der Waals surface area contributed by atoms with Crippen LogP contribution in [0.3, 0.4) is 0 Å². The van der Waals surface area contributed by atoms with Crippen molar-refractivity contribution in [2.75, 3.05) is 0 Å². The van der Waals surface area contributed by atoms with E-state index >= 15 is 0 Å². The lowest BCUT2D eigenvalue weighted by Crippen LogP contribution is -2.12. The van der Waals surface area contributed by atoms with Crippen LogP contribution in [0.4, 0.5) is 0 Å². The van der Waals surface area contributed by atoms with E-state index in [0.717, 1.165) is 12.8 Å². The Hall–Kier alpha value is -1.12. The number of rotatable bonds is 4. The average Bonchev–Trinajstić information content (AvgIpc) is 2.82. The molecule has 0 aliphatic heterocycles. The van der Waals surface area contributed by atoms with E-state index in [1.54, 1.807) is 0 Å². The quantitative estimate of drug-likeness (QED) is 0.876. The molecule has 96 valence electrons. The molecule has 1 nitrogen and oxygen atoms in total. The molecule has 0 spiro atoms. The van der Waals surface area contributed by atoms with Gasteiger partial charge in [-0.15, -0.1) is 11.3 Å². The first kappa shape index (κ1) is 13.3. The van der Waals surface area contributed by atoms with Gasteiger partial charge in [-0.2, -0.15) is 0 Å². The SMILES string of the molecule is CCc1ccc(C(N)Cc2cc(C)ccc2C)s1. The van der Waals surface area contributed by atoms with Crippen molar-refractivity contribution in [1.82, 2.24) is 0 Å². The Bertz CT molecular complexity index is 528. The predicted molar refractivity (Wildman–Crippen MR) is 80.2 cm³/mol. The molecule has 1 aromatic heterocycles. The van der Waals surface area contributed by atoms with Gasteiger partial charge in [-0.05, 0) is 49.9 Å². The Morgan fingerprint density at radius 3 is 2.61 bits per heavy atom. The molecular formula is C16H21NS. The van der Waals surface area contributed by atoms with Gasteiger partial charge in [-0.1, -0.05) is 30.7 Å². The normalized spacial score (nSPS) is 12.7. The van der Waals surface area contributed by atoms with Crippen LogP contribution < -0.4 is 5.73 Å². The van der Waals surface area contributed by atoms with Crippen LogP contribution in [-0.4, -0.2) is 0 Å². The average molecular weight is 259 g/mol. The van der Waals surface area contributed by atoms with Crippen LogP contribution in [0.2, 0.25) is 0 Å². The van der Waals surface area contributed by atoms with Crippen LogP contribution in [0.25, 0.3) is 0 Å². The van der Waals surface area contributed by atoms with E-state index in [9.17, 15) is 0 Å². The highest BCUT2D eigenvalue weighted by atomic mass is 32.1. The molecule has 0 bridgehead atoms. The molecular weight excluding hydrogens is 238 g/mol. The first-order valence-electron chi connectivity index (χ1n) is 6.50. The fourth-order valence-corrected chi connectivity index (χ4v) is 3.10. The topological polar surface area (TPSA) is 26.0 Å². The van der Waals surface area contributed by atoms with Crippen molar-refractivity contribution in [2.45, 2.75) is 39.7 Å². The van der Waals surface area contributed by atoms with Crippen LogP contribution in [0.5, 0.6) is 0 Å². The maximum absolute atomic E-state index is 6.32. The molecule has 2 rings (SSSR count). The van der Waals surface area contributed by atoms with Gasteiger partial charge in [0, 0.05) is 15.8 Å². The summed E-state index contributed by atoms with van der Waals surface area (Å²) in [6.45, 7) is 6.48. The van der Waals surface area contributed by atoms with E-state index in [0.29, 0.717) is 0 Å². The van der Waals surface area contributed by atoms with Gasteiger partial charge in [0.15, 0.2) is 0 Å². The highest BCUT2D eigenvalue weighted by Gasteiger charge is 2.11. The number of hydrogen-bond donors (Lipinski definition) is 1. The van der Waals surface area contributed by atoms with Gasteiger partial charge < -0.3 is 5.73 Å². The van der Waals surface area contributed by atoms with Crippen LogP contribution in [0.1, 0.15) is 39.4 Å². The zero-order chi connectivity index (χ0) is 13.1. The summed E-state index contributed by atoms with van der Waals surface area (Å²) in [5.41, 5.74) is 10.3. The molecule has 0 amide bonds. The Kier molecular flexibility index (Phi) is 4.20. The molecule has 1 atom stereocenters. The molecule has 1 heterocycles. The summed E-state index contributed by atoms with van der Waals surface area (Å²) in [6.07, 6.45) is 2.03. The molecule has 0 saturated carbocycles. The largest absolute Gasteiger partial charge is 0.323 e. The number of hydrogen-bond acceptors (Lipinski definition) is 2. The zero-order valence-corrected chi connectivity index (χ0v) is 12.2. The predicted octanol–water partition coefficient (Wildman–Crippen LogP) is 4.17. The maximum Gasteiger partial charge on any atom is 0.0430 e. The van der Waals surface area contributed by atoms with Crippen LogP contribution >= 0.6 is 11.3 Å². The minimum absolute atomic E-state index is 0.121. The number of nitrogens with two attached hydrogens (primary N) is 1. The zero-order valence-electron chi connectivity index (χ0n) is 11.4. The summed E-state index contributed by atoms with van der Waals surface area (Å²) < 4.78 is 0. The van der Waals surface area contributed by atoms with Gasteiger partial charge in [0.1, 0.15) is 0 Å². The van der Waals surface area contributed by atoms with E-state index in [1.807, 2.05) is 11.3 Å². The molecule has 0 saturated heterocycles. The lowest BCUT2D eigenvalue weighted by molar-refractivity contribution is 0.732. The summed E-state index contributed by atoms with van der Waals surface area (Å²) >= 11 is 1.85. The summed E-state index contributed by atoms with van der Waals surface area (Å²) in [7, 11) is 0. The lowest BCUT2D eigenvalue weighted by atomic mass is 9.99. The van der Waals surface area contributed by atoms with Crippen molar-refractivity contribution < 1.29 is 0 Å².